The lowest BCUT2D eigenvalue weighted by molar-refractivity contribution is -0.128. The van der Waals surface area contributed by atoms with E-state index in [1.807, 2.05) is 34.1 Å². The molecule has 2 bridgehead atoms. The summed E-state index contributed by atoms with van der Waals surface area (Å²) in [4.78, 5) is 30.9. The standard InChI is InChI=1S/C27H34N4O3/c1-20-5-2-3-6-21(20)12-14-30-18-24-17-23(30)19-31(24)27(33)28-22-8-10-25(11-9-22)34-16-15-29-13-4-7-26(29)32/h2-3,5-6,8-11,23-24H,4,7,12-19H2,1H3,(H,28,33). The minimum atomic E-state index is -0.0210. The molecule has 2 atom stereocenters. The van der Waals surface area contributed by atoms with Gasteiger partial charge in [-0.25, -0.2) is 4.79 Å². The van der Waals surface area contributed by atoms with Crippen LogP contribution in [0.25, 0.3) is 0 Å². The minimum absolute atomic E-state index is 0.0210. The van der Waals surface area contributed by atoms with Gasteiger partial charge in [0.2, 0.25) is 5.91 Å². The van der Waals surface area contributed by atoms with Crippen LogP contribution in [-0.4, -0.2) is 78.1 Å². The number of carbonyl (C=O) groups is 2. The second kappa shape index (κ2) is 10.1. The molecule has 0 radical (unpaired) electrons. The second-order valence-corrected chi connectivity index (χ2v) is 9.65. The predicted molar refractivity (Wildman–Crippen MR) is 132 cm³/mol. The number of piperazine rings is 1. The Kier molecular flexibility index (Phi) is 6.72. The summed E-state index contributed by atoms with van der Waals surface area (Å²) in [5.74, 6) is 0.959. The van der Waals surface area contributed by atoms with Gasteiger partial charge in [0.25, 0.3) is 0 Å². The first kappa shape index (κ1) is 22.7. The molecule has 0 aromatic heterocycles. The van der Waals surface area contributed by atoms with Crippen molar-refractivity contribution in [1.29, 1.82) is 0 Å². The van der Waals surface area contributed by atoms with E-state index in [0.29, 0.717) is 25.6 Å². The number of hydrogen-bond acceptors (Lipinski definition) is 4. The van der Waals surface area contributed by atoms with E-state index in [9.17, 15) is 9.59 Å². The zero-order valence-electron chi connectivity index (χ0n) is 19.9. The average molecular weight is 463 g/mol. The van der Waals surface area contributed by atoms with Crippen LogP contribution >= 0.6 is 0 Å². The molecular formula is C27H34N4O3. The summed E-state index contributed by atoms with van der Waals surface area (Å²) >= 11 is 0. The summed E-state index contributed by atoms with van der Waals surface area (Å²) in [5.41, 5.74) is 3.54. The molecule has 2 aromatic carbocycles. The lowest BCUT2D eigenvalue weighted by atomic mass is 10.1. The topological polar surface area (TPSA) is 65.1 Å². The summed E-state index contributed by atoms with van der Waals surface area (Å²) < 4.78 is 5.77. The molecule has 2 unspecified atom stereocenters. The van der Waals surface area contributed by atoms with Gasteiger partial charge >= 0.3 is 6.03 Å². The van der Waals surface area contributed by atoms with E-state index >= 15 is 0 Å². The van der Waals surface area contributed by atoms with Gasteiger partial charge in [0, 0.05) is 50.4 Å². The van der Waals surface area contributed by atoms with Crippen molar-refractivity contribution >= 4 is 17.6 Å². The van der Waals surface area contributed by atoms with Crippen molar-refractivity contribution in [2.24, 2.45) is 0 Å². The number of nitrogens with zero attached hydrogens (tertiary/aromatic N) is 3. The number of aryl methyl sites for hydroxylation is 1. The summed E-state index contributed by atoms with van der Waals surface area (Å²) in [6.07, 6.45) is 3.72. The van der Waals surface area contributed by atoms with Crippen LogP contribution in [0.3, 0.4) is 0 Å². The zero-order valence-corrected chi connectivity index (χ0v) is 19.9. The van der Waals surface area contributed by atoms with Gasteiger partial charge in [-0.1, -0.05) is 24.3 Å². The van der Waals surface area contributed by atoms with Gasteiger partial charge in [-0.05, 0) is 61.6 Å². The van der Waals surface area contributed by atoms with Crippen LogP contribution in [0.4, 0.5) is 10.5 Å². The Labute approximate surface area is 201 Å². The monoisotopic (exact) mass is 462 g/mol. The van der Waals surface area contributed by atoms with E-state index in [4.69, 9.17) is 4.74 Å². The fraction of sp³-hybridized carbons (Fsp3) is 0.481. The molecule has 3 amide bonds. The molecule has 7 heteroatoms. The van der Waals surface area contributed by atoms with Crippen molar-refractivity contribution in [2.45, 2.75) is 44.7 Å². The number of ether oxygens (including phenoxy) is 1. The van der Waals surface area contributed by atoms with Crippen molar-refractivity contribution in [3.05, 3.63) is 59.7 Å². The van der Waals surface area contributed by atoms with Crippen LogP contribution in [-0.2, 0) is 11.2 Å². The fourth-order valence-electron chi connectivity index (χ4n) is 5.47. The molecule has 3 aliphatic rings. The number of benzene rings is 2. The van der Waals surface area contributed by atoms with Gasteiger partial charge in [0.1, 0.15) is 12.4 Å². The zero-order chi connectivity index (χ0) is 23.5. The normalized spacial score (nSPS) is 22.0. The Balaban J connectivity index is 1.06. The highest BCUT2D eigenvalue weighted by Gasteiger charge is 2.44. The quantitative estimate of drug-likeness (QED) is 0.652. The number of amides is 3. The first-order valence-electron chi connectivity index (χ1n) is 12.4. The van der Waals surface area contributed by atoms with Crippen molar-refractivity contribution in [3.63, 3.8) is 0 Å². The van der Waals surface area contributed by atoms with Gasteiger partial charge in [-0.2, -0.15) is 0 Å². The molecule has 3 saturated heterocycles. The lowest BCUT2D eigenvalue weighted by Crippen LogP contribution is -2.50. The average Bonchev–Trinajstić information content (AvgIpc) is 3.56. The number of hydrogen-bond donors (Lipinski definition) is 1. The Morgan fingerprint density at radius 2 is 1.88 bits per heavy atom. The lowest BCUT2D eigenvalue weighted by Gasteiger charge is -2.34. The van der Waals surface area contributed by atoms with E-state index in [0.717, 1.165) is 56.9 Å². The Morgan fingerprint density at radius 1 is 1.06 bits per heavy atom. The molecule has 5 rings (SSSR count). The first-order valence-corrected chi connectivity index (χ1v) is 12.4. The molecule has 34 heavy (non-hydrogen) atoms. The molecule has 7 nitrogen and oxygen atoms in total. The highest BCUT2D eigenvalue weighted by molar-refractivity contribution is 5.90. The highest BCUT2D eigenvalue weighted by atomic mass is 16.5. The van der Waals surface area contributed by atoms with Gasteiger partial charge in [0.05, 0.1) is 6.54 Å². The molecule has 3 aliphatic heterocycles. The van der Waals surface area contributed by atoms with E-state index in [2.05, 4.69) is 41.4 Å². The van der Waals surface area contributed by atoms with Crippen molar-refractivity contribution in [3.8, 4) is 5.75 Å². The number of anilines is 1. The summed E-state index contributed by atoms with van der Waals surface area (Å²) in [6.45, 7) is 6.90. The Morgan fingerprint density at radius 3 is 2.59 bits per heavy atom. The molecule has 3 heterocycles. The van der Waals surface area contributed by atoms with E-state index in [1.54, 1.807) is 0 Å². The molecule has 0 spiro atoms. The smallest absolute Gasteiger partial charge is 0.322 e. The maximum absolute atomic E-state index is 12.9. The number of urea groups is 1. The molecule has 0 saturated carbocycles. The summed E-state index contributed by atoms with van der Waals surface area (Å²) in [7, 11) is 0. The SMILES string of the molecule is Cc1ccccc1CCN1CC2CC1CN2C(=O)Nc1ccc(OCCN2CCCC2=O)cc1. The summed E-state index contributed by atoms with van der Waals surface area (Å²) in [6, 6.07) is 16.8. The van der Waals surface area contributed by atoms with Crippen molar-refractivity contribution < 1.29 is 14.3 Å². The Hall–Kier alpha value is -3.06. The third kappa shape index (κ3) is 5.04. The first-order chi connectivity index (χ1) is 16.6. The predicted octanol–water partition coefficient (Wildman–Crippen LogP) is 3.53. The number of carbonyl (C=O) groups excluding carboxylic acids is 2. The van der Waals surface area contributed by atoms with Crippen LogP contribution in [0.15, 0.2) is 48.5 Å². The number of fused-ring (bicyclic) bond motifs is 2. The third-order valence-electron chi connectivity index (χ3n) is 7.45. The van der Waals surface area contributed by atoms with Gasteiger partial charge < -0.3 is 19.9 Å². The Bertz CT molecular complexity index is 1020. The molecule has 0 aliphatic carbocycles. The number of nitrogens with one attached hydrogen (secondary N) is 1. The van der Waals surface area contributed by atoms with Crippen LogP contribution in [0.1, 0.15) is 30.4 Å². The third-order valence-corrected chi connectivity index (χ3v) is 7.45. The highest BCUT2D eigenvalue weighted by Crippen LogP contribution is 2.31. The largest absolute Gasteiger partial charge is 0.492 e. The number of likely N-dealkylation sites (tertiary alicyclic amines) is 3. The van der Waals surface area contributed by atoms with Crippen LogP contribution in [0.5, 0.6) is 5.75 Å². The van der Waals surface area contributed by atoms with Crippen LogP contribution in [0.2, 0.25) is 0 Å². The van der Waals surface area contributed by atoms with E-state index in [1.165, 1.54) is 11.1 Å². The molecule has 2 aromatic rings. The molecule has 1 N–H and O–H groups in total. The maximum atomic E-state index is 12.9. The van der Waals surface area contributed by atoms with Gasteiger partial charge in [-0.3, -0.25) is 9.69 Å². The summed E-state index contributed by atoms with van der Waals surface area (Å²) in [5, 5.41) is 3.04. The van der Waals surface area contributed by atoms with Crippen molar-refractivity contribution in [2.75, 3.05) is 44.6 Å². The van der Waals surface area contributed by atoms with E-state index in [-0.39, 0.29) is 18.0 Å². The molecule has 180 valence electrons. The molecule has 3 fully saturated rings. The van der Waals surface area contributed by atoms with Crippen molar-refractivity contribution in [1.82, 2.24) is 14.7 Å². The number of rotatable bonds is 8. The van der Waals surface area contributed by atoms with Gasteiger partial charge in [-0.15, -0.1) is 0 Å². The molecular weight excluding hydrogens is 428 g/mol. The van der Waals surface area contributed by atoms with Gasteiger partial charge in [0.15, 0.2) is 0 Å². The van der Waals surface area contributed by atoms with Crippen LogP contribution < -0.4 is 10.1 Å². The minimum Gasteiger partial charge on any atom is -0.492 e. The maximum Gasteiger partial charge on any atom is 0.322 e. The van der Waals surface area contributed by atoms with E-state index < -0.39 is 0 Å². The second-order valence-electron chi connectivity index (χ2n) is 9.65. The van der Waals surface area contributed by atoms with Crippen LogP contribution in [0, 0.1) is 6.92 Å². The fourth-order valence-corrected chi connectivity index (χ4v) is 5.47.